The van der Waals surface area contributed by atoms with Crippen LogP contribution in [0.4, 0.5) is 0 Å². The summed E-state index contributed by atoms with van der Waals surface area (Å²) in [7, 11) is 0. The minimum atomic E-state index is -0.758. The molecule has 9 heavy (non-hydrogen) atoms. The molecule has 4 heteroatoms. The molecule has 0 spiro atoms. The van der Waals surface area contributed by atoms with Gasteiger partial charge in [-0.25, -0.2) is 0 Å². The van der Waals surface area contributed by atoms with Crippen LogP contribution in [0.15, 0.2) is 0 Å². The van der Waals surface area contributed by atoms with Crippen molar-refractivity contribution in [3.8, 4) is 0 Å². The topological polar surface area (TPSA) is 78.5 Å². The summed E-state index contributed by atoms with van der Waals surface area (Å²) in [5.74, 6) is 0. The predicted octanol–water partition coefficient (Wildman–Crippen LogP) is -2.36. The van der Waals surface area contributed by atoms with Crippen molar-refractivity contribution in [3.63, 3.8) is 0 Å². The predicted molar refractivity (Wildman–Crippen MR) is 32.9 cm³/mol. The molecule has 0 aromatic rings. The van der Waals surface area contributed by atoms with E-state index in [1.807, 2.05) is 0 Å². The molecule has 54 valence electrons. The molecule has 1 heterocycles. The highest BCUT2D eigenvalue weighted by atomic mass is 16.3. The summed E-state index contributed by atoms with van der Waals surface area (Å²) in [6.07, 6.45) is -1.46. The van der Waals surface area contributed by atoms with Gasteiger partial charge in [0, 0.05) is 19.1 Å². The van der Waals surface area contributed by atoms with Crippen LogP contribution in [0.2, 0.25) is 0 Å². The van der Waals surface area contributed by atoms with Gasteiger partial charge in [-0.05, 0) is 0 Å². The largest absolute Gasteiger partial charge is 0.389 e. The first-order chi connectivity index (χ1) is 4.22. The minimum Gasteiger partial charge on any atom is -0.389 e. The molecule has 0 unspecified atom stereocenters. The zero-order chi connectivity index (χ0) is 6.85. The van der Waals surface area contributed by atoms with Crippen LogP contribution in [0.5, 0.6) is 0 Å². The smallest absolute Gasteiger partial charge is 0.0974 e. The second-order valence-corrected chi connectivity index (χ2v) is 2.38. The monoisotopic (exact) mass is 132 g/mol. The Hall–Kier alpha value is -0.160. The van der Waals surface area contributed by atoms with Crippen LogP contribution < -0.4 is 11.1 Å². The molecular weight excluding hydrogens is 120 g/mol. The van der Waals surface area contributed by atoms with E-state index in [-0.39, 0.29) is 6.04 Å². The van der Waals surface area contributed by atoms with E-state index in [1.165, 1.54) is 0 Å². The Bertz CT molecular complexity index is 89.0. The number of nitrogens with one attached hydrogen (secondary N) is 1. The lowest BCUT2D eigenvalue weighted by Crippen LogP contribution is -2.57. The van der Waals surface area contributed by atoms with E-state index in [1.54, 1.807) is 0 Å². The van der Waals surface area contributed by atoms with Gasteiger partial charge in [0.2, 0.25) is 0 Å². The number of piperidine rings is 1. The van der Waals surface area contributed by atoms with Crippen molar-refractivity contribution in [2.75, 3.05) is 13.1 Å². The number of rotatable bonds is 0. The third-order valence-electron chi connectivity index (χ3n) is 1.57. The molecule has 0 amide bonds. The molecule has 0 aromatic heterocycles. The van der Waals surface area contributed by atoms with E-state index in [9.17, 15) is 0 Å². The first kappa shape index (κ1) is 6.95. The average Bonchev–Trinajstić information content (AvgIpc) is 1.83. The number of aliphatic hydroxyl groups excluding tert-OH is 2. The summed E-state index contributed by atoms with van der Waals surface area (Å²) in [6.45, 7) is 1.02. The summed E-state index contributed by atoms with van der Waals surface area (Å²) < 4.78 is 0. The lowest BCUT2D eigenvalue weighted by molar-refractivity contribution is -0.0113. The highest BCUT2D eigenvalue weighted by Gasteiger charge is 2.26. The van der Waals surface area contributed by atoms with Gasteiger partial charge in [0.1, 0.15) is 0 Å². The van der Waals surface area contributed by atoms with Crippen LogP contribution in [0.3, 0.4) is 0 Å². The van der Waals surface area contributed by atoms with Gasteiger partial charge in [0.15, 0.2) is 0 Å². The molecule has 0 radical (unpaired) electrons. The normalized spacial score (nSPS) is 45.0. The Morgan fingerprint density at radius 2 is 2.00 bits per heavy atom. The van der Waals surface area contributed by atoms with E-state index in [0.29, 0.717) is 13.1 Å². The number of hydrogen-bond acceptors (Lipinski definition) is 4. The lowest BCUT2D eigenvalue weighted by Gasteiger charge is -2.29. The van der Waals surface area contributed by atoms with Crippen molar-refractivity contribution in [1.82, 2.24) is 5.32 Å². The Labute approximate surface area is 53.7 Å². The van der Waals surface area contributed by atoms with Gasteiger partial charge in [-0.3, -0.25) is 0 Å². The SMILES string of the molecule is N[C@H]1CNC[C@H](O)[C@@H]1O. The Morgan fingerprint density at radius 1 is 1.33 bits per heavy atom. The van der Waals surface area contributed by atoms with E-state index in [4.69, 9.17) is 15.9 Å². The number of aliphatic hydroxyl groups is 2. The van der Waals surface area contributed by atoms with Crippen LogP contribution in [-0.4, -0.2) is 41.6 Å². The minimum absolute atomic E-state index is 0.325. The number of nitrogens with two attached hydrogens (primary N) is 1. The zero-order valence-corrected chi connectivity index (χ0v) is 5.12. The van der Waals surface area contributed by atoms with Gasteiger partial charge in [-0.1, -0.05) is 0 Å². The fraction of sp³-hybridized carbons (Fsp3) is 1.00. The summed E-state index contributed by atoms with van der Waals surface area (Å²) >= 11 is 0. The Kier molecular flexibility index (Phi) is 2.02. The fourth-order valence-electron chi connectivity index (χ4n) is 0.925. The van der Waals surface area contributed by atoms with Crippen molar-refractivity contribution < 1.29 is 10.2 Å². The lowest BCUT2D eigenvalue weighted by atomic mass is 10.0. The summed E-state index contributed by atoms with van der Waals surface area (Å²) in [5.41, 5.74) is 5.40. The summed E-state index contributed by atoms with van der Waals surface area (Å²) in [4.78, 5) is 0. The number of β-amino-alcohol motifs (C(OH)–C–C–N with tert-alkyl or cyclic N) is 1. The van der Waals surface area contributed by atoms with Gasteiger partial charge in [0.05, 0.1) is 12.2 Å². The highest BCUT2D eigenvalue weighted by Crippen LogP contribution is 2.00. The first-order valence-electron chi connectivity index (χ1n) is 3.04. The van der Waals surface area contributed by atoms with E-state index in [2.05, 4.69) is 5.32 Å². The van der Waals surface area contributed by atoms with E-state index in [0.717, 1.165) is 0 Å². The first-order valence-corrected chi connectivity index (χ1v) is 3.04. The molecule has 1 fully saturated rings. The maximum Gasteiger partial charge on any atom is 0.0974 e. The summed E-state index contributed by atoms with van der Waals surface area (Å²) in [5, 5.41) is 20.9. The van der Waals surface area contributed by atoms with Gasteiger partial charge in [0.25, 0.3) is 0 Å². The zero-order valence-electron chi connectivity index (χ0n) is 5.12. The van der Waals surface area contributed by atoms with Crippen molar-refractivity contribution in [2.45, 2.75) is 18.2 Å². The second-order valence-electron chi connectivity index (χ2n) is 2.38. The third kappa shape index (κ3) is 1.40. The molecule has 0 saturated carbocycles. The summed E-state index contributed by atoms with van der Waals surface area (Å²) in [6, 6.07) is -0.325. The molecule has 0 bridgehead atoms. The van der Waals surface area contributed by atoms with E-state index < -0.39 is 12.2 Å². The van der Waals surface area contributed by atoms with Crippen LogP contribution in [0.1, 0.15) is 0 Å². The molecule has 1 rings (SSSR count). The Balaban J connectivity index is 2.41. The second kappa shape index (κ2) is 2.62. The molecule has 3 atom stereocenters. The molecule has 1 aliphatic heterocycles. The quantitative estimate of drug-likeness (QED) is 0.297. The highest BCUT2D eigenvalue weighted by molar-refractivity contribution is 4.86. The van der Waals surface area contributed by atoms with Crippen molar-refractivity contribution in [3.05, 3.63) is 0 Å². The molecule has 5 N–H and O–H groups in total. The standard InChI is InChI=1S/C5H12N2O2/c6-3-1-7-2-4(8)5(3)9/h3-5,7-9H,1-2,6H2/t3-,4-,5+/m0/s1. The molecule has 4 nitrogen and oxygen atoms in total. The van der Waals surface area contributed by atoms with Gasteiger partial charge in [-0.2, -0.15) is 0 Å². The number of hydrogen-bond donors (Lipinski definition) is 4. The third-order valence-corrected chi connectivity index (χ3v) is 1.57. The molecule has 0 aliphatic carbocycles. The van der Waals surface area contributed by atoms with Gasteiger partial charge in [-0.15, -0.1) is 0 Å². The van der Waals surface area contributed by atoms with Crippen LogP contribution in [0, 0.1) is 0 Å². The van der Waals surface area contributed by atoms with Crippen molar-refractivity contribution in [2.24, 2.45) is 5.73 Å². The van der Waals surface area contributed by atoms with Crippen molar-refractivity contribution in [1.29, 1.82) is 0 Å². The molecule has 1 aliphatic rings. The molecular formula is C5H12N2O2. The maximum absolute atomic E-state index is 9.03. The molecule has 1 saturated heterocycles. The average molecular weight is 132 g/mol. The van der Waals surface area contributed by atoms with Gasteiger partial charge < -0.3 is 21.3 Å². The van der Waals surface area contributed by atoms with Crippen LogP contribution in [0.25, 0.3) is 0 Å². The van der Waals surface area contributed by atoms with Gasteiger partial charge >= 0.3 is 0 Å². The Morgan fingerprint density at radius 3 is 2.44 bits per heavy atom. The maximum atomic E-state index is 9.03. The van der Waals surface area contributed by atoms with Crippen LogP contribution in [-0.2, 0) is 0 Å². The molecule has 0 aromatic carbocycles. The van der Waals surface area contributed by atoms with Crippen LogP contribution >= 0.6 is 0 Å². The fourth-order valence-corrected chi connectivity index (χ4v) is 0.925. The van der Waals surface area contributed by atoms with Crippen molar-refractivity contribution >= 4 is 0 Å². The van der Waals surface area contributed by atoms with E-state index >= 15 is 0 Å².